The van der Waals surface area contributed by atoms with E-state index in [-0.39, 0.29) is 12.1 Å². The number of benzene rings is 1. The van der Waals surface area contributed by atoms with Crippen LogP contribution in [0.3, 0.4) is 0 Å². The lowest BCUT2D eigenvalue weighted by Gasteiger charge is -2.08. The van der Waals surface area contributed by atoms with Crippen molar-refractivity contribution >= 4 is 17.5 Å². The van der Waals surface area contributed by atoms with Gasteiger partial charge in [0.1, 0.15) is 0 Å². The van der Waals surface area contributed by atoms with Gasteiger partial charge in [0.15, 0.2) is 5.69 Å². The maximum absolute atomic E-state index is 11.8. The van der Waals surface area contributed by atoms with Crippen molar-refractivity contribution in [1.82, 2.24) is 15.4 Å². The van der Waals surface area contributed by atoms with E-state index in [9.17, 15) is 9.59 Å². The van der Waals surface area contributed by atoms with Crippen LogP contribution in [-0.2, 0) is 11.2 Å². The molecular weight excluding hydrogens is 234 g/mol. The second-order valence-electron chi connectivity index (χ2n) is 3.61. The molecule has 0 fully saturated rings. The molecule has 2 aromatic rings. The Balaban J connectivity index is 2.18. The lowest BCUT2D eigenvalue weighted by atomic mass is 10.1. The first-order valence-corrected chi connectivity index (χ1v) is 5.20. The lowest BCUT2D eigenvalue weighted by Crippen LogP contribution is -2.17. The molecule has 1 aromatic carbocycles. The SMILES string of the molecule is NC(=O)Cc1ccccc1NC(=O)c1cn[nH]n1. The van der Waals surface area contributed by atoms with Crippen LogP contribution >= 0.6 is 0 Å². The molecule has 7 nitrogen and oxygen atoms in total. The van der Waals surface area contributed by atoms with Crippen molar-refractivity contribution in [1.29, 1.82) is 0 Å². The maximum Gasteiger partial charge on any atom is 0.277 e. The predicted octanol–water partition coefficient (Wildman–Crippen LogP) is 0.0848. The molecule has 0 spiro atoms. The first kappa shape index (κ1) is 11.8. The molecule has 0 atom stereocenters. The van der Waals surface area contributed by atoms with Gasteiger partial charge in [0, 0.05) is 5.69 Å². The van der Waals surface area contributed by atoms with Crippen molar-refractivity contribution in [2.75, 3.05) is 5.32 Å². The Hall–Kier alpha value is -2.70. The third-order valence-corrected chi connectivity index (χ3v) is 2.28. The zero-order chi connectivity index (χ0) is 13.0. The van der Waals surface area contributed by atoms with Crippen LogP contribution in [0.1, 0.15) is 16.1 Å². The molecule has 0 aliphatic heterocycles. The Morgan fingerprint density at radius 3 is 2.78 bits per heavy atom. The Morgan fingerprint density at radius 1 is 1.33 bits per heavy atom. The maximum atomic E-state index is 11.8. The van der Waals surface area contributed by atoms with E-state index >= 15 is 0 Å². The summed E-state index contributed by atoms with van der Waals surface area (Å²) in [5, 5.41) is 12.2. The van der Waals surface area contributed by atoms with E-state index in [0.717, 1.165) is 0 Å². The van der Waals surface area contributed by atoms with E-state index < -0.39 is 11.8 Å². The Bertz CT molecular complexity index is 565. The Kier molecular flexibility index (Phi) is 3.33. The predicted molar refractivity (Wildman–Crippen MR) is 63.7 cm³/mol. The summed E-state index contributed by atoms with van der Waals surface area (Å²) in [5.74, 6) is -0.862. The van der Waals surface area contributed by atoms with Gasteiger partial charge < -0.3 is 11.1 Å². The van der Waals surface area contributed by atoms with E-state index in [0.29, 0.717) is 11.3 Å². The molecule has 0 unspecified atom stereocenters. The molecule has 0 bridgehead atoms. The molecule has 2 rings (SSSR count). The monoisotopic (exact) mass is 245 g/mol. The number of carbonyl (C=O) groups excluding carboxylic acids is 2. The summed E-state index contributed by atoms with van der Waals surface area (Å²) in [6, 6.07) is 6.94. The zero-order valence-corrected chi connectivity index (χ0v) is 9.38. The summed E-state index contributed by atoms with van der Waals surface area (Å²) < 4.78 is 0. The number of nitrogens with two attached hydrogens (primary N) is 1. The average Bonchev–Trinajstić information content (AvgIpc) is 2.84. The van der Waals surface area contributed by atoms with Crippen molar-refractivity contribution in [2.24, 2.45) is 5.73 Å². The molecular formula is C11H11N5O2. The standard InChI is InChI=1S/C11H11N5O2/c12-10(17)5-7-3-1-2-4-8(7)14-11(18)9-6-13-16-15-9/h1-4,6H,5H2,(H2,12,17)(H,14,18)(H,13,15,16). The van der Waals surface area contributed by atoms with E-state index in [1.165, 1.54) is 6.20 Å². The summed E-state index contributed by atoms with van der Waals surface area (Å²) in [7, 11) is 0. The first-order valence-electron chi connectivity index (χ1n) is 5.20. The largest absolute Gasteiger partial charge is 0.369 e. The highest BCUT2D eigenvalue weighted by Crippen LogP contribution is 2.16. The number of primary amides is 1. The van der Waals surface area contributed by atoms with Crippen molar-refractivity contribution < 1.29 is 9.59 Å². The van der Waals surface area contributed by atoms with Crippen LogP contribution in [0.25, 0.3) is 0 Å². The number of H-pyrrole nitrogens is 1. The van der Waals surface area contributed by atoms with Crippen molar-refractivity contribution in [3.8, 4) is 0 Å². The van der Waals surface area contributed by atoms with Crippen LogP contribution in [0.4, 0.5) is 5.69 Å². The number of nitrogens with one attached hydrogen (secondary N) is 2. The number of nitrogens with zero attached hydrogens (tertiary/aromatic N) is 2. The highest BCUT2D eigenvalue weighted by molar-refractivity contribution is 6.03. The van der Waals surface area contributed by atoms with Gasteiger partial charge in [0.05, 0.1) is 12.6 Å². The van der Waals surface area contributed by atoms with Crippen LogP contribution in [-0.4, -0.2) is 27.2 Å². The molecule has 0 aliphatic rings. The van der Waals surface area contributed by atoms with Gasteiger partial charge >= 0.3 is 0 Å². The summed E-state index contributed by atoms with van der Waals surface area (Å²) in [4.78, 5) is 22.7. The first-order chi connectivity index (χ1) is 8.66. The molecule has 0 saturated carbocycles. The fourth-order valence-electron chi connectivity index (χ4n) is 1.48. The van der Waals surface area contributed by atoms with E-state index in [4.69, 9.17) is 5.73 Å². The number of anilines is 1. The normalized spacial score (nSPS) is 10.0. The number of hydrogen-bond donors (Lipinski definition) is 3. The topological polar surface area (TPSA) is 114 Å². The summed E-state index contributed by atoms with van der Waals surface area (Å²) in [5.41, 5.74) is 6.50. The molecule has 2 amide bonds. The number of rotatable bonds is 4. The minimum absolute atomic E-state index is 0.0648. The molecule has 1 aromatic heterocycles. The minimum Gasteiger partial charge on any atom is -0.369 e. The minimum atomic E-state index is -0.460. The number of carbonyl (C=O) groups is 2. The summed E-state index contributed by atoms with van der Waals surface area (Å²) >= 11 is 0. The number of para-hydroxylation sites is 1. The van der Waals surface area contributed by atoms with Crippen LogP contribution in [0.5, 0.6) is 0 Å². The van der Waals surface area contributed by atoms with Gasteiger partial charge in [-0.25, -0.2) is 0 Å². The molecule has 0 aliphatic carbocycles. The third-order valence-electron chi connectivity index (χ3n) is 2.28. The van der Waals surface area contributed by atoms with Crippen molar-refractivity contribution in [3.63, 3.8) is 0 Å². The molecule has 4 N–H and O–H groups in total. The molecule has 0 radical (unpaired) electrons. The Morgan fingerprint density at radius 2 is 2.11 bits per heavy atom. The Labute approximate surface area is 102 Å². The van der Waals surface area contributed by atoms with E-state index in [2.05, 4.69) is 20.7 Å². The highest BCUT2D eigenvalue weighted by Gasteiger charge is 2.11. The average molecular weight is 245 g/mol. The quantitative estimate of drug-likeness (QED) is 0.707. The number of aromatic nitrogens is 3. The van der Waals surface area contributed by atoms with Gasteiger partial charge in [0.2, 0.25) is 5.91 Å². The van der Waals surface area contributed by atoms with Crippen molar-refractivity contribution in [3.05, 3.63) is 41.7 Å². The van der Waals surface area contributed by atoms with Crippen molar-refractivity contribution in [2.45, 2.75) is 6.42 Å². The second kappa shape index (κ2) is 5.09. The highest BCUT2D eigenvalue weighted by atomic mass is 16.2. The zero-order valence-electron chi connectivity index (χ0n) is 9.38. The molecule has 1 heterocycles. The molecule has 7 heteroatoms. The van der Waals surface area contributed by atoms with Gasteiger partial charge in [-0.3, -0.25) is 9.59 Å². The van der Waals surface area contributed by atoms with Crippen LogP contribution in [0.15, 0.2) is 30.5 Å². The fraction of sp³-hybridized carbons (Fsp3) is 0.0909. The van der Waals surface area contributed by atoms with Gasteiger partial charge in [-0.2, -0.15) is 15.4 Å². The molecule has 18 heavy (non-hydrogen) atoms. The third kappa shape index (κ3) is 2.70. The summed E-state index contributed by atoms with van der Waals surface area (Å²) in [6.45, 7) is 0. The van der Waals surface area contributed by atoms with E-state index in [1.54, 1.807) is 24.3 Å². The lowest BCUT2D eigenvalue weighted by molar-refractivity contribution is -0.117. The van der Waals surface area contributed by atoms with Gasteiger partial charge in [-0.05, 0) is 11.6 Å². The van der Waals surface area contributed by atoms with Crippen LogP contribution < -0.4 is 11.1 Å². The molecule has 92 valence electrons. The van der Waals surface area contributed by atoms with Crippen LogP contribution in [0, 0.1) is 0 Å². The van der Waals surface area contributed by atoms with E-state index in [1.807, 2.05) is 0 Å². The van der Waals surface area contributed by atoms with Gasteiger partial charge in [0.25, 0.3) is 5.91 Å². The van der Waals surface area contributed by atoms with Gasteiger partial charge in [-0.15, -0.1) is 0 Å². The van der Waals surface area contributed by atoms with Crippen LogP contribution in [0.2, 0.25) is 0 Å². The van der Waals surface area contributed by atoms with Gasteiger partial charge in [-0.1, -0.05) is 18.2 Å². The second-order valence-corrected chi connectivity index (χ2v) is 3.61. The molecule has 0 saturated heterocycles. The fourth-order valence-corrected chi connectivity index (χ4v) is 1.48. The number of hydrogen-bond acceptors (Lipinski definition) is 4. The summed E-state index contributed by atoms with van der Waals surface area (Å²) in [6.07, 6.45) is 1.38. The number of amides is 2. The number of aromatic amines is 1. The smallest absolute Gasteiger partial charge is 0.277 e.